The first-order chi connectivity index (χ1) is 11.5. The zero-order valence-corrected chi connectivity index (χ0v) is 13.2. The van der Waals surface area contributed by atoms with Crippen molar-refractivity contribution in [2.24, 2.45) is 0 Å². The normalized spacial score (nSPS) is 20.6. The van der Waals surface area contributed by atoms with Gasteiger partial charge in [0, 0.05) is 11.7 Å². The van der Waals surface area contributed by atoms with E-state index in [1.165, 1.54) is 22.9 Å². The number of hydrogen-bond acceptors (Lipinski definition) is 5. The number of nitrogens with zero attached hydrogens (tertiary/aromatic N) is 4. The summed E-state index contributed by atoms with van der Waals surface area (Å²) in [6.07, 6.45) is 2.58. The number of aliphatic hydroxyl groups excluding tert-OH is 1. The zero-order valence-electron chi connectivity index (χ0n) is 13.2. The number of urea groups is 1. The Hall–Kier alpha value is -2.55. The highest BCUT2D eigenvalue weighted by Gasteiger charge is 2.21. The maximum absolute atomic E-state index is 14.0. The predicted octanol–water partition coefficient (Wildman–Crippen LogP) is 1.53. The lowest BCUT2D eigenvalue weighted by molar-refractivity contribution is 0.118. The molecule has 0 spiro atoms. The molecule has 0 aliphatic heterocycles. The number of amides is 2. The van der Waals surface area contributed by atoms with Crippen LogP contribution in [0.25, 0.3) is 5.69 Å². The summed E-state index contributed by atoms with van der Waals surface area (Å²) >= 11 is 0. The van der Waals surface area contributed by atoms with E-state index in [1.807, 2.05) is 0 Å². The average molecular weight is 334 g/mol. The van der Waals surface area contributed by atoms with Crippen LogP contribution in [0.1, 0.15) is 31.5 Å². The van der Waals surface area contributed by atoms with Crippen molar-refractivity contribution < 1.29 is 14.3 Å². The standard InChI is InChI=1S/C15H19FN6O2/c1-9-19-20-21-22(9)14-8-11(4-7-13(14)16)18-15(24)17-10-2-5-12(23)6-3-10/h4,7-8,10,12,23H,2-3,5-6H2,1H3,(H2,17,18,24). The van der Waals surface area contributed by atoms with Crippen LogP contribution >= 0.6 is 0 Å². The van der Waals surface area contributed by atoms with Crippen LogP contribution in [-0.2, 0) is 0 Å². The summed E-state index contributed by atoms with van der Waals surface area (Å²) in [7, 11) is 0. The summed E-state index contributed by atoms with van der Waals surface area (Å²) in [6.45, 7) is 1.66. The van der Waals surface area contributed by atoms with E-state index in [4.69, 9.17) is 0 Å². The van der Waals surface area contributed by atoms with E-state index in [2.05, 4.69) is 26.2 Å². The van der Waals surface area contributed by atoms with Gasteiger partial charge in [0.15, 0.2) is 5.82 Å². The summed E-state index contributed by atoms with van der Waals surface area (Å²) in [5.74, 6) is -0.0473. The zero-order chi connectivity index (χ0) is 17.1. The molecule has 3 rings (SSSR count). The Morgan fingerprint density at radius 1 is 1.33 bits per heavy atom. The molecule has 128 valence electrons. The Morgan fingerprint density at radius 2 is 2.08 bits per heavy atom. The number of aromatic nitrogens is 4. The second-order valence-electron chi connectivity index (χ2n) is 5.91. The summed E-state index contributed by atoms with van der Waals surface area (Å²) in [4.78, 5) is 12.1. The molecule has 0 atom stereocenters. The van der Waals surface area contributed by atoms with Crippen molar-refractivity contribution in [2.45, 2.75) is 44.8 Å². The fourth-order valence-electron chi connectivity index (χ4n) is 2.78. The molecule has 1 fully saturated rings. The van der Waals surface area contributed by atoms with Crippen molar-refractivity contribution in [1.29, 1.82) is 0 Å². The third-order valence-electron chi connectivity index (χ3n) is 4.09. The molecule has 2 amide bonds. The lowest BCUT2D eigenvalue weighted by Crippen LogP contribution is -2.40. The number of nitrogens with one attached hydrogen (secondary N) is 2. The second kappa shape index (κ2) is 6.91. The molecule has 1 heterocycles. The van der Waals surface area contributed by atoms with E-state index in [9.17, 15) is 14.3 Å². The van der Waals surface area contributed by atoms with Gasteiger partial charge in [-0.25, -0.2) is 9.18 Å². The topological polar surface area (TPSA) is 105 Å². The Balaban J connectivity index is 1.67. The Morgan fingerprint density at radius 3 is 2.75 bits per heavy atom. The van der Waals surface area contributed by atoms with Crippen LogP contribution in [0.15, 0.2) is 18.2 Å². The quantitative estimate of drug-likeness (QED) is 0.789. The first-order valence-electron chi connectivity index (χ1n) is 7.83. The largest absolute Gasteiger partial charge is 0.393 e. The van der Waals surface area contributed by atoms with Crippen LogP contribution in [0, 0.1) is 12.7 Å². The number of aryl methyl sites for hydroxylation is 1. The number of aliphatic hydroxyl groups is 1. The number of rotatable bonds is 3. The molecule has 1 aliphatic carbocycles. The molecule has 9 heteroatoms. The van der Waals surface area contributed by atoms with Crippen LogP contribution in [0.2, 0.25) is 0 Å². The van der Waals surface area contributed by atoms with Crippen LogP contribution in [-0.4, -0.2) is 43.5 Å². The van der Waals surface area contributed by atoms with Gasteiger partial charge in [-0.1, -0.05) is 0 Å². The van der Waals surface area contributed by atoms with E-state index in [0.717, 1.165) is 12.8 Å². The van der Waals surface area contributed by atoms with Crippen molar-refractivity contribution in [1.82, 2.24) is 25.5 Å². The fourth-order valence-corrected chi connectivity index (χ4v) is 2.78. The second-order valence-corrected chi connectivity index (χ2v) is 5.91. The molecule has 0 radical (unpaired) electrons. The van der Waals surface area contributed by atoms with Crippen molar-refractivity contribution >= 4 is 11.7 Å². The van der Waals surface area contributed by atoms with Crippen molar-refractivity contribution in [2.75, 3.05) is 5.32 Å². The monoisotopic (exact) mass is 334 g/mol. The molecule has 0 unspecified atom stereocenters. The molecule has 1 aliphatic rings. The fraction of sp³-hybridized carbons (Fsp3) is 0.467. The Bertz CT molecular complexity index is 727. The number of anilines is 1. The highest BCUT2D eigenvalue weighted by atomic mass is 19.1. The molecule has 1 saturated carbocycles. The summed E-state index contributed by atoms with van der Waals surface area (Å²) in [5.41, 5.74) is 0.603. The van der Waals surface area contributed by atoms with Gasteiger partial charge in [-0.3, -0.25) is 0 Å². The number of hydrogen-bond donors (Lipinski definition) is 3. The molecule has 24 heavy (non-hydrogen) atoms. The van der Waals surface area contributed by atoms with E-state index in [1.54, 1.807) is 6.92 Å². The minimum Gasteiger partial charge on any atom is -0.393 e. The molecule has 0 bridgehead atoms. The van der Waals surface area contributed by atoms with Gasteiger partial charge in [-0.05, 0) is 61.2 Å². The van der Waals surface area contributed by atoms with Crippen LogP contribution < -0.4 is 10.6 Å². The van der Waals surface area contributed by atoms with E-state index in [0.29, 0.717) is 24.4 Å². The van der Waals surface area contributed by atoms with Crippen molar-refractivity contribution in [3.05, 3.63) is 29.8 Å². The lowest BCUT2D eigenvalue weighted by Gasteiger charge is -2.26. The van der Waals surface area contributed by atoms with Crippen LogP contribution in [0.4, 0.5) is 14.9 Å². The number of carbonyl (C=O) groups is 1. The SMILES string of the molecule is Cc1nnnn1-c1cc(NC(=O)NC2CCC(O)CC2)ccc1F. The van der Waals surface area contributed by atoms with E-state index in [-0.39, 0.29) is 23.9 Å². The van der Waals surface area contributed by atoms with Gasteiger partial charge < -0.3 is 15.7 Å². The first kappa shape index (κ1) is 16.3. The third kappa shape index (κ3) is 3.67. The molecule has 2 aromatic rings. The lowest BCUT2D eigenvalue weighted by atomic mass is 9.93. The average Bonchev–Trinajstić information content (AvgIpc) is 2.97. The summed E-state index contributed by atoms with van der Waals surface area (Å²) in [5, 5.41) is 26.0. The highest BCUT2D eigenvalue weighted by molar-refractivity contribution is 5.89. The molecule has 1 aromatic carbocycles. The molecule has 0 saturated heterocycles. The molecule has 1 aromatic heterocycles. The molecule has 8 nitrogen and oxygen atoms in total. The van der Waals surface area contributed by atoms with Gasteiger partial charge in [0.25, 0.3) is 0 Å². The number of halogens is 1. The number of tetrazole rings is 1. The smallest absolute Gasteiger partial charge is 0.319 e. The minimum atomic E-state index is -0.488. The summed E-state index contributed by atoms with van der Waals surface area (Å²) < 4.78 is 15.3. The first-order valence-corrected chi connectivity index (χ1v) is 7.83. The van der Waals surface area contributed by atoms with Gasteiger partial charge in [0.2, 0.25) is 0 Å². The van der Waals surface area contributed by atoms with Gasteiger partial charge in [0.05, 0.1) is 6.10 Å². The number of benzene rings is 1. The highest BCUT2D eigenvalue weighted by Crippen LogP contribution is 2.20. The van der Waals surface area contributed by atoms with E-state index < -0.39 is 5.82 Å². The van der Waals surface area contributed by atoms with Gasteiger partial charge in [-0.15, -0.1) is 5.10 Å². The molecular formula is C15H19FN6O2. The van der Waals surface area contributed by atoms with Crippen molar-refractivity contribution in [3.8, 4) is 5.69 Å². The summed E-state index contributed by atoms with van der Waals surface area (Å²) in [6, 6.07) is 3.88. The third-order valence-corrected chi connectivity index (χ3v) is 4.09. The van der Waals surface area contributed by atoms with E-state index >= 15 is 0 Å². The van der Waals surface area contributed by atoms with Crippen molar-refractivity contribution in [3.63, 3.8) is 0 Å². The molecular weight excluding hydrogens is 315 g/mol. The maximum atomic E-state index is 14.0. The Kier molecular flexibility index (Phi) is 4.70. The van der Waals surface area contributed by atoms with Crippen LogP contribution in [0.5, 0.6) is 0 Å². The van der Waals surface area contributed by atoms with Gasteiger partial charge >= 0.3 is 6.03 Å². The minimum absolute atomic E-state index is 0.0371. The Labute approximate surface area is 138 Å². The van der Waals surface area contributed by atoms with Gasteiger partial charge in [0.1, 0.15) is 11.5 Å². The van der Waals surface area contributed by atoms with Gasteiger partial charge in [-0.2, -0.15) is 4.68 Å². The number of carbonyl (C=O) groups excluding carboxylic acids is 1. The predicted molar refractivity (Wildman–Crippen MR) is 84.3 cm³/mol. The maximum Gasteiger partial charge on any atom is 0.319 e. The molecule has 3 N–H and O–H groups in total. The van der Waals surface area contributed by atoms with Crippen LogP contribution in [0.3, 0.4) is 0 Å².